The molecular weight excluding hydrogens is 314 g/mol. The van der Waals surface area contributed by atoms with Gasteiger partial charge in [-0.15, -0.1) is 0 Å². The van der Waals surface area contributed by atoms with Crippen molar-refractivity contribution in [1.82, 2.24) is 9.88 Å². The minimum absolute atomic E-state index is 0.278. The number of carbonyl (C=O) groups excluding carboxylic acids is 1. The number of ether oxygens (including phenoxy) is 1. The molecule has 0 fully saturated rings. The average Bonchev–Trinajstić information content (AvgIpc) is 2.94. The minimum Gasteiger partial charge on any atom is -0.445 e. The van der Waals surface area contributed by atoms with E-state index < -0.39 is 6.10 Å². The highest BCUT2D eigenvalue weighted by atomic mass is 32.1. The first-order chi connectivity index (χ1) is 11.0. The third kappa shape index (κ3) is 5.22. The van der Waals surface area contributed by atoms with Crippen LogP contribution >= 0.6 is 11.3 Å². The molecule has 2 rings (SSSR count). The summed E-state index contributed by atoms with van der Waals surface area (Å²) >= 11 is 1.25. The maximum atomic E-state index is 12.1. The number of urea groups is 1. The first-order valence-electron chi connectivity index (χ1n) is 7.42. The van der Waals surface area contributed by atoms with Gasteiger partial charge in [0.15, 0.2) is 5.13 Å². The van der Waals surface area contributed by atoms with Gasteiger partial charge >= 0.3 is 6.03 Å². The van der Waals surface area contributed by atoms with Gasteiger partial charge in [0.25, 0.3) is 0 Å². The summed E-state index contributed by atoms with van der Waals surface area (Å²) in [4.78, 5) is 17.8. The van der Waals surface area contributed by atoms with Crippen LogP contribution in [0.3, 0.4) is 0 Å². The minimum atomic E-state index is -0.572. The second kappa shape index (κ2) is 7.94. The number of thiazole rings is 1. The van der Waals surface area contributed by atoms with Gasteiger partial charge in [-0.05, 0) is 32.9 Å². The van der Waals surface area contributed by atoms with Crippen LogP contribution in [0.25, 0.3) is 0 Å². The molecule has 1 heterocycles. The highest BCUT2D eigenvalue weighted by Gasteiger charge is 2.15. The van der Waals surface area contributed by atoms with Crippen molar-refractivity contribution < 1.29 is 14.6 Å². The second-order valence-corrected chi connectivity index (χ2v) is 6.21. The molecule has 7 heteroatoms. The number of hydrogen-bond donors (Lipinski definition) is 2. The fourth-order valence-corrected chi connectivity index (χ4v) is 2.61. The van der Waals surface area contributed by atoms with E-state index in [4.69, 9.17) is 4.74 Å². The quantitative estimate of drug-likeness (QED) is 0.847. The topological polar surface area (TPSA) is 74.7 Å². The molecule has 1 aromatic carbocycles. The molecule has 0 radical (unpaired) electrons. The molecule has 1 aromatic heterocycles. The summed E-state index contributed by atoms with van der Waals surface area (Å²) in [5.74, 6) is 0.724. The van der Waals surface area contributed by atoms with Gasteiger partial charge in [-0.2, -0.15) is 0 Å². The molecule has 1 atom stereocenters. The van der Waals surface area contributed by atoms with Gasteiger partial charge in [0.1, 0.15) is 5.75 Å². The smallest absolute Gasteiger partial charge is 0.323 e. The lowest BCUT2D eigenvalue weighted by Gasteiger charge is -2.21. The van der Waals surface area contributed by atoms with Crippen molar-refractivity contribution in [3.8, 4) is 10.8 Å². The monoisotopic (exact) mass is 335 g/mol. The summed E-state index contributed by atoms with van der Waals surface area (Å²) in [6, 6.07) is 7.41. The zero-order chi connectivity index (χ0) is 16.8. The van der Waals surface area contributed by atoms with Crippen LogP contribution < -0.4 is 10.1 Å². The number of hydrogen-bond acceptors (Lipinski definition) is 5. The fraction of sp³-hybridized carbons (Fsp3) is 0.375. The van der Waals surface area contributed by atoms with Crippen molar-refractivity contribution in [3.63, 3.8) is 0 Å². The predicted octanol–water partition coefficient (Wildman–Crippen LogP) is 3.48. The zero-order valence-electron chi connectivity index (χ0n) is 13.4. The number of benzene rings is 1. The molecule has 124 valence electrons. The molecule has 0 aliphatic carbocycles. The van der Waals surface area contributed by atoms with Crippen LogP contribution in [0.4, 0.5) is 9.93 Å². The first-order valence-corrected chi connectivity index (χ1v) is 8.24. The Morgan fingerprint density at radius 1 is 1.43 bits per heavy atom. The molecule has 23 heavy (non-hydrogen) atoms. The third-order valence-corrected chi connectivity index (χ3v) is 3.88. The van der Waals surface area contributed by atoms with E-state index in [0.717, 1.165) is 11.3 Å². The standard InChI is InChI=1S/C16H21N3O3S/c1-4-19(10-12(3)20)16(21)18-15-17-9-14(23-15)22-13-7-5-11(2)6-8-13/h5-9,12,20H,4,10H2,1-3H3,(H,17,18,21)/t12-/m0/s1. The zero-order valence-corrected chi connectivity index (χ0v) is 14.3. The molecule has 0 aliphatic heterocycles. The molecule has 2 N–H and O–H groups in total. The number of aromatic nitrogens is 1. The van der Waals surface area contributed by atoms with Crippen molar-refractivity contribution in [2.45, 2.75) is 26.9 Å². The number of aliphatic hydroxyl groups excluding tert-OH is 1. The third-order valence-electron chi connectivity index (χ3n) is 3.09. The lowest BCUT2D eigenvalue weighted by molar-refractivity contribution is 0.141. The molecule has 0 bridgehead atoms. The summed E-state index contributed by atoms with van der Waals surface area (Å²) in [6.07, 6.45) is 1.00. The summed E-state index contributed by atoms with van der Waals surface area (Å²) < 4.78 is 5.70. The number of rotatable bonds is 6. The number of nitrogens with one attached hydrogen (secondary N) is 1. The summed E-state index contributed by atoms with van der Waals surface area (Å²) in [7, 11) is 0. The van der Waals surface area contributed by atoms with Gasteiger partial charge in [-0.3, -0.25) is 5.32 Å². The van der Waals surface area contributed by atoms with Crippen LogP contribution in [-0.2, 0) is 0 Å². The number of aryl methyl sites for hydroxylation is 1. The van der Waals surface area contributed by atoms with E-state index in [1.54, 1.807) is 13.1 Å². The Balaban J connectivity index is 1.96. The molecule has 0 saturated heterocycles. The van der Waals surface area contributed by atoms with Crippen molar-refractivity contribution in [2.24, 2.45) is 0 Å². The van der Waals surface area contributed by atoms with Crippen molar-refractivity contribution in [2.75, 3.05) is 18.4 Å². The molecular formula is C16H21N3O3S. The molecule has 2 aromatic rings. The average molecular weight is 335 g/mol. The van der Waals surface area contributed by atoms with E-state index in [-0.39, 0.29) is 12.6 Å². The summed E-state index contributed by atoms with van der Waals surface area (Å²) in [6.45, 7) is 6.30. The van der Waals surface area contributed by atoms with Gasteiger partial charge in [0, 0.05) is 13.1 Å². The van der Waals surface area contributed by atoms with Crippen LogP contribution in [-0.4, -0.2) is 40.2 Å². The maximum absolute atomic E-state index is 12.1. The molecule has 0 saturated carbocycles. The van der Waals surface area contributed by atoms with E-state index >= 15 is 0 Å². The first kappa shape index (κ1) is 17.2. The van der Waals surface area contributed by atoms with E-state index in [9.17, 15) is 9.90 Å². The number of anilines is 1. The Hall–Kier alpha value is -2.12. The fourth-order valence-electron chi connectivity index (χ4n) is 1.93. The molecule has 0 aliphatic rings. The lowest BCUT2D eigenvalue weighted by Crippen LogP contribution is -2.39. The molecule has 0 spiro atoms. The largest absolute Gasteiger partial charge is 0.445 e. The summed E-state index contributed by atoms with van der Waals surface area (Å²) in [5, 5.41) is 13.2. The Morgan fingerprint density at radius 2 is 2.13 bits per heavy atom. The Labute approximate surface area is 139 Å². The maximum Gasteiger partial charge on any atom is 0.323 e. The van der Waals surface area contributed by atoms with Crippen molar-refractivity contribution >= 4 is 22.5 Å². The van der Waals surface area contributed by atoms with Crippen LogP contribution in [0.2, 0.25) is 0 Å². The van der Waals surface area contributed by atoms with E-state index in [1.807, 2.05) is 38.1 Å². The van der Waals surface area contributed by atoms with Crippen LogP contribution in [0.5, 0.6) is 10.8 Å². The number of aliphatic hydroxyl groups is 1. The Morgan fingerprint density at radius 3 is 2.74 bits per heavy atom. The van der Waals surface area contributed by atoms with Gasteiger partial charge in [0.05, 0.1) is 12.3 Å². The lowest BCUT2D eigenvalue weighted by atomic mass is 10.2. The van der Waals surface area contributed by atoms with Crippen LogP contribution in [0.15, 0.2) is 30.5 Å². The highest BCUT2D eigenvalue weighted by molar-refractivity contribution is 7.17. The van der Waals surface area contributed by atoms with Gasteiger partial charge in [-0.1, -0.05) is 29.0 Å². The van der Waals surface area contributed by atoms with Crippen LogP contribution in [0.1, 0.15) is 19.4 Å². The normalized spacial score (nSPS) is 11.8. The van der Waals surface area contributed by atoms with Crippen LogP contribution in [0, 0.1) is 6.92 Å². The molecule has 2 amide bonds. The van der Waals surface area contributed by atoms with E-state index in [0.29, 0.717) is 16.7 Å². The second-order valence-electron chi connectivity index (χ2n) is 5.22. The Kier molecular flexibility index (Phi) is 5.95. The number of amides is 2. The van der Waals surface area contributed by atoms with E-state index in [1.165, 1.54) is 16.2 Å². The molecule has 6 nitrogen and oxygen atoms in total. The molecule has 0 unspecified atom stereocenters. The van der Waals surface area contributed by atoms with Gasteiger partial charge in [0.2, 0.25) is 5.06 Å². The Bertz CT molecular complexity index is 640. The highest BCUT2D eigenvalue weighted by Crippen LogP contribution is 2.30. The van der Waals surface area contributed by atoms with Crippen molar-refractivity contribution in [1.29, 1.82) is 0 Å². The van der Waals surface area contributed by atoms with E-state index in [2.05, 4.69) is 10.3 Å². The predicted molar refractivity (Wildman–Crippen MR) is 91.3 cm³/mol. The number of likely N-dealkylation sites (N-methyl/N-ethyl adjacent to an activating group) is 1. The van der Waals surface area contributed by atoms with Crippen molar-refractivity contribution in [3.05, 3.63) is 36.0 Å². The number of nitrogens with zero attached hydrogens (tertiary/aromatic N) is 2. The number of carbonyl (C=O) groups is 1. The summed E-state index contributed by atoms with van der Waals surface area (Å²) in [5.41, 5.74) is 1.16. The van der Waals surface area contributed by atoms with Gasteiger partial charge in [-0.25, -0.2) is 9.78 Å². The van der Waals surface area contributed by atoms with Gasteiger partial charge < -0.3 is 14.7 Å². The SMILES string of the molecule is CCN(C[C@H](C)O)C(=O)Nc1ncc(Oc2ccc(C)cc2)s1.